The van der Waals surface area contributed by atoms with Crippen LogP contribution in [0.2, 0.25) is 0 Å². The van der Waals surface area contributed by atoms with Crippen molar-refractivity contribution in [2.24, 2.45) is 0 Å². The molecule has 1 aromatic carbocycles. The zero-order chi connectivity index (χ0) is 11.5. The normalized spacial score (nSPS) is 13.2. The molecule has 2 N–H and O–H groups in total. The average molecular weight is 221 g/mol. The van der Waals surface area contributed by atoms with E-state index in [1.807, 2.05) is 13.0 Å². The number of imidazole rings is 1. The highest BCUT2D eigenvalue weighted by molar-refractivity contribution is 5.75. The van der Waals surface area contributed by atoms with Gasteiger partial charge in [0.25, 0.3) is 0 Å². The van der Waals surface area contributed by atoms with Crippen LogP contribution in [0.15, 0.2) is 18.2 Å². The molecular weight excluding hydrogens is 205 g/mol. The summed E-state index contributed by atoms with van der Waals surface area (Å²) in [5.74, 6) is 0.510. The van der Waals surface area contributed by atoms with Crippen molar-refractivity contribution in [3.8, 4) is 0 Å². The molecule has 2 rings (SSSR count). The number of H-pyrrole nitrogens is 1. The van der Waals surface area contributed by atoms with Gasteiger partial charge >= 0.3 is 0 Å². The van der Waals surface area contributed by atoms with Crippen LogP contribution in [0.4, 0.5) is 4.39 Å². The third-order valence-electron chi connectivity index (χ3n) is 2.59. The van der Waals surface area contributed by atoms with E-state index in [4.69, 9.17) is 0 Å². The minimum atomic E-state index is -0.275. The topological polar surface area (TPSA) is 40.7 Å². The van der Waals surface area contributed by atoms with Gasteiger partial charge < -0.3 is 10.3 Å². The van der Waals surface area contributed by atoms with Crippen LogP contribution in [0.5, 0.6) is 0 Å². The summed E-state index contributed by atoms with van der Waals surface area (Å²) in [4.78, 5) is 7.40. The highest BCUT2D eigenvalue weighted by atomic mass is 19.1. The van der Waals surface area contributed by atoms with E-state index in [1.54, 1.807) is 6.07 Å². The Morgan fingerprint density at radius 2 is 2.31 bits per heavy atom. The first-order chi connectivity index (χ1) is 7.72. The summed E-state index contributed by atoms with van der Waals surface area (Å²) in [6.45, 7) is 5.06. The Balaban J connectivity index is 2.29. The van der Waals surface area contributed by atoms with Crippen LogP contribution in [-0.4, -0.2) is 16.5 Å². The molecule has 0 bridgehead atoms. The first kappa shape index (κ1) is 11.1. The Morgan fingerprint density at radius 1 is 1.50 bits per heavy atom. The quantitative estimate of drug-likeness (QED) is 0.833. The average Bonchev–Trinajstić information content (AvgIpc) is 2.71. The summed E-state index contributed by atoms with van der Waals surface area (Å²) in [6, 6.07) is 5.06. The molecule has 0 fully saturated rings. The van der Waals surface area contributed by atoms with Crippen molar-refractivity contribution in [2.75, 3.05) is 6.54 Å². The molecule has 0 saturated carbocycles. The highest BCUT2D eigenvalue weighted by Crippen LogP contribution is 2.18. The van der Waals surface area contributed by atoms with E-state index >= 15 is 0 Å². The zero-order valence-corrected chi connectivity index (χ0v) is 9.55. The van der Waals surface area contributed by atoms with Gasteiger partial charge in [0.15, 0.2) is 5.82 Å². The molecule has 4 heteroatoms. The Bertz CT molecular complexity index is 478. The lowest BCUT2D eigenvalue weighted by atomic mass is 10.3. The summed E-state index contributed by atoms with van der Waals surface area (Å²) in [7, 11) is 0. The molecule has 0 aliphatic rings. The van der Waals surface area contributed by atoms with Crippen LogP contribution >= 0.6 is 0 Å². The lowest BCUT2D eigenvalue weighted by molar-refractivity contribution is 0.549. The number of hydrogen-bond acceptors (Lipinski definition) is 2. The maximum Gasteiger partial charge on any atom is 0.151 e. The molecule has 16 heavy (non-hydrogen) atoms. The van der Waals surface area contributed by atoms with E-state index in [1.165, 1.54) is 6.07 Å². The summed E-state index contributed by atoms with van der Waals surface area (Å²) >= 11 is 0. The monoisotopic (exact) mass is 221 g/mol. The molecule has 0 amide bonds. The van der Waals surface area contributed by atoms with Crippen LogP contribution in [-0.2, 0) is 0 Å². The lowest BCUT2D eigenvalue weighted by Gasteiger charge is -2.09. The Labute approximate surface area is 94.1 Å². The number of benzene rings is 1. The predicted octanol–water partition coefficient (Wildman–Crippen LogP) is 2.76. The van der Waals surface area contributed by atoms with Gasteiger partial charge in [-0.15, -0.1) is 0 Å². The molecule has 0 saturated heterocycles. The van der Waals surface area contributed by atoms with Crippen molar-refractivity contribution >= 4 is 11.0 Å². The summed E-state index contributed by atoms with van der Waals surface area (Å²) in [6.07, 6.45) is 1.07. The van der Waals surface area contributed by atoms with Crippen LogP contribution in [0.3, 0.4) is 0 Å². The first-order valence-electron chi connectivity index (χ1n) is 5.60. The molecule has 0 radical (unpaired) electrons. The van der Waals surface area contributed by atoms with Crippen molar-refractivity contribution in [2.45, 2.75) is 26.3 Å². The molecule has 2 aromatic rings. The molecule has 0 aliphatic heterocycles. The van der Waals surface area contributed by atoms with Crippen LogP contribution in [0.25, 0.3) is 11.0 Å². The minimum Gasteiger partial charge on any atom is -0.341 e. The molecule has 1 heterocycles. The fourth-order valence-electron chi connectivity index (χ4n) is 1.68. The van der Waals surface area contributed by atoms with Gasteiger partial charge in [0, 0.05) is 0 Å². The van der Waals surface area contributed by atoms with Crippen molar-refractivity contribution < 1.29 is 4.39 Å². The van der Waals surface area contributed by atoms with E-state index < -0.39 is 0 Å². The maximum absolute atomic E-state index is 13.4. The number of halogens is 1. The maximum atomic E-state index is 13.4. The summed E-state index contributed by atoms with van der Waals surface area (Å²) < 4.78 is 13.4. The van der Waals surface area contributed by atoms with E-state index in [-0.39, 0.29) is 11.9 Å². The Kier molecular flexibility index (Phi) is 3.19. The SMILES string of the molecule is CCCNC(C)c1nc2c(F)cccc2[nH]1. The smallest absolute Gasteiger partial charge is 0.151 e. The molecule has 86 valence electrons. The van der Waals surface area contributed by atoms with Gasteiger partial charge in [0.1, 0.15) is 11.3 Å². The van der Waals surface area contributed by atoms with E-state index in [0.29, 0.717) is 5.52 Å². The van der Waals surface area contributed by atoms with Crippen molar-refractivity contribution in [3.05, 3.63) is 29.8 Å². The van der Waals surface area contributed by atoms with Gasteiger partial charge in [0.2, 0.25) is 0 Å². The molecular formula is C12H16FN3. The second-order valence-corrected chi connectivity index (χ2v) is 3.93. The Morgan fingerprint density at radius 3 is 3.00 bits per heavy atom. The van der Waals surface area contributed by atoms with E-state index in [9.17, 15) is 4.39 Å². The zero-order valence-electron chi connectivity index (χ0n) is 9.55. The highest BCUT2D eigenvalue weighted by Gasteiger charge is 2.11. The third kappa shape index (κ3) is 2.07. The van der Waals surface area contributed by atoms with Gasteiger partial charge in [-0.2, -0.15) is 0 Å². The number of nitrogens with zero attached hydrogens (tertiary/aromatic N) is 1. The van der Waals surface area contributed by atoms with Gasteiger partial charge in [-0.1, -0.05) is 13.0 Å². The number of rotatable bonds is 4. The second kappa shape index (κ2) is 4.61. The number of fused-ring (bicyclic) bond motifs is 1. The van der Waals surface area contributed by atoms with Gasteiger partial charge in [-0.3, -0.25) is 0 Å². The van der Waals surface area contributed by atoms with Crippen molar-refractivity contribution in [3.63, 3.8) is 0 Å². The summed E-state index contributed by atoms with van der Waals surface area (Å²) in [5, 5.41) is 3.31. The standard InChI is InChI=1S/C12H16FN3/c1-3-7-14-8(2)12-15-10-6-4-5-9(13)11(10)16-12/h4-6,8,14H,3,7H2,1-2H3,(H,15,16). The fraction of sp³-hybridized carbons (Fsp3) is 0.417. The van der Waals surface area contributed by atoms with Gasteiger partial charge in [0.05, 0.1) is 11.6 Å². The molecule has 0 spiro atoms. The van der Waals surface area contributed by atoms with E-state index in [2.05, 4.69) is 22.2 Å². The predicted molar refractivity (Wildman–Crippen MR) is 62.8 cm³/mol. The molecule has 1 aromatic heterocycles. The molecule has 1 atom stereocenters. The summed E-state index contributed by atoms with van der Waals surface area (Å²) in [5.41, 5.74) is 1.17. The Hall–Kier alpha value is -1.42. The fourth-order valence-corrected chi connectivity index (χ4v) is 1.68. The molecule has 1 unspecified atom stereocenters. The number of hydrogen-bond donors (Lipinski definition) is 2. The minimum absolute atomic E-state index is 0.117. The van der Waals surface area contributed by atoms with E-state index in [0.717, 1.165) is 24.3 Å². The number of nitrogens with one attached hydrogen (secondary N) is 2. The number of aromatic amines is 1. The van der Waals surface area contributed by atoms with Crippen LogP contribution in [0, 0.1) is 5.82 Å². The van der Waals surface area contributed by atoms with Crippen molar-refractivity contribution in [1.82, 2.24) is 15.3 Å². The van der Waals surface area contributed by atoms with Gasteiger partial charge in [-0.25, -0.2) is 9.37 Å². The van der Waals surface area contributed by atoms with Crippen LogP contribution in [0.1, 0.15) is 32.1 Å². The molecule has 3 nitrogen and oxygen atoms in total. The first-order valence-corrected chi connectivity index (χ1v) is 5.60. The largest absolute Gasteiger partial charge is 0.341 e. The second-order valence-electron chi connectivity index (χ2n) is 3.93. The molecule has 0 aliphatic carbocycles. The van der Waals surface area contributed by atoms with Crippen molar-refractivity contribution in [1.29, 1.82) is 0 Å². The lowest BCUT2D eigenvalue weighted by Crippen LogP contribution is -2.20. The third-order valence-corrected chi connectivity index (χ3v) is 2.59. The number of para-hydroxylation sites is 1. The number of aromatic nitrogens is 2. The van der Waals surface area contributed by atoms with Crippen LogP contribution < -0.4 is 5.32 Å². The van der Waals surface area contributed by atoms with Gasteiger partial charge in [-0.05, 0) is 32.0 Å².